The molecule has 0 saturated heterocycles. The Hall–Kier alpha value is -3.64. The lowest BCUT2D eigenvalue weighted by atomic mass is 9.75. The Kier molecular flexibility index (Phi) is 5.19. The van der Waals surface area contributed by atoms with Crippen LogP contribution in [0.2, 0.25) is 0 Å². The summed E-state index contributed by atoms with van der Waals surface area (Å²) < 4.78 is 5.42. The third-order valence-corrected chi connectivity index (χ3v) is 4.68. The van der Waals surface area contributed by atoms with Crippen LogP contribution in [0.15, 0.2) is 59.7 Å². The molecule has 6 nitrogen and oxygen atoms in total. The minimum Gasteiger partial charge on any atom is -0.496 e. The number of amides is 1. The van der Waals surface area contributed by atoms with Crippen molar-refractivity contribution >= 4 is 17.3 Å². The number of methoxy groups -OCH3 is 1. The smallest absolute Gasteiger partial charge is 0.256 e. The van der Waals surface area contributed by atoms with E-state index in [1.165, 1.54) is 12.1 Å². The molecule has 0 spiro atoms. The maximum atomic E-state index is 13.2. The highest BCUT2D eigenvalue weighted by molar-refractivity contribution is 6.15. The quantitative estimate of drug-likeness (QED) is 0.818. The number of para-hydroxylation sites is 2. The Labute approximate surface area is 157 Å². The van der Waals surface area contributed by atoms with Crippen LogP contribution in [0, 0.1) is 34.5 Å². The first-order valence-electron chi connectivity index (χ1n) is 8.48. The summed E-state index contributed by atoms with van der Waals surface area (Å²) in [5.74, 6) is -2.13. The zero-order chi connectivity index (χ0) is 19.4. The molecular weight excluding hydrogens is 340 g/mol. The van der Waals surface area contributed by atoms with Gasteiger partial charge in [0.05, 0.1) is 30.9 Å². The number of hydrazone groups is 1. The predicted molar refractivity (Wildman–Crippen MR) is 101 cm³/mol. The van der Waals surface area contributed by atoms with Gasteiger partial charge >= 0.3 is 0 Å². The molecule has 134 valence electrons. The van der Waals surface area contributed by atoms with Gasteiger partial charge in [0.25, 0.3) is 5.91 Å². The largest absolute Gasteiger partial charge is 0.496 e. The van der Waals surface area contributed by atoms with Gasteiger partial charge in [0.15, 0.2) is 0 Å². The van der Waals surface area contributed by atoms with Crippen molar-refractivity contribution in [2.45, 2.75) is 12.8 Å². The molecule has 2 atom stereocenters. The molecule has 6 heteroatoms. The lowest BCUT2D eigenvalue weighted by molar-refractivity contribution is -0.120. The molecule has 0 unspecified atom stereocenters. The Bertz CT molecular complexity index is 942. The van der Waals surface area contributed by atoms with Crippen LogP contribution in [0.4, 0.5) is 5.69 Å². The van der Waals surface area contributed by atoms with Crippen LogP contribution in [0.5, 0.6) is 5.75 Å². The summed E-state index contributed by atoms with van der Waals surface area (Å²) in [5.41, 5.74) is 1.86. The summed E-state index contributed by atoms with van der Waals surface area (Å²) in [6.07, 6.45) is 0. The van der Waals surface area contributed by atoms with Gasteiger partial charge in [-0.05, 0) is 25.1 Å². The van der Waals surface area contributed by atoms with E-state index in [0.29, 0.717) is 22.7 Å². The standard InChI is InChI=1S/C21H18N4O2/c1-14-19(21(26)25(24-14)16-8-4-3-5-9-16)20(15(12-22)13-23)17-10-6-7-11-18(17)27-2/h3-11,15,19-20H,1-2H3/t19-,20+/m0/s1. The highest BCUT2D eigenvalue weighted by Gasteiger charge is 2.45. The Morgan fingerprint density at radius 1 is 1.07 bits per heavy atom. The maximum Gasteiger partial charge on any atom is 0.256 e. The van der Waals surface area contributed by atoms with Crippen LogP contribution in [0.25, 0.3) is 0 Å². The lowest BCUT2D eigenvalue weighted by Crippen LogP contribution is -2.34. The van der Waals surface area contributed by atoms with Gasteiger partial charge in [-0.1, -0.05) is 36.4 Å². The number of hydrogen-bond donors (Lipinski definition) is 0. The number of hydrogen-bond acceptors (Lipinski definition) is 5. The summed E-state index contributed by atoms with van der Waals surface area (Å²) in [7, 11) is 1.53. The molecule has 1 amide bonds. The first kappa shape index (κ1) is 18.2. The number of rotatable bonds is 5. The fraction of sp³-hybridized carbons (Fsp3) is 0.238. The molecule has 0 bridgehead atoms. The van der Waals surface area contributed by atoms with Gasteiger partial charge in [-0.15, -0.1) is 0 Å². The van der Waals surface area contributed by atoms with Crippen LogP contribution in [0.3, 0.4) is 0 Å². The van der Waals surface area contributed by atoms with Gasteiger partial charge < -0.3 is 4.74 Å². The normalized spacial score (nSPS) is 17.2. The zero-order valence-corrected chi connectivity index (χ0v) is 15.0. The van der Waals surface area contributed by atoms with Gasteiger partial charge in [0.2, 0.25) is 0 Å². The van der Waals surface area contributed by atoms with Crippen molar-refractivity contribution in [3.8, 4) is 17.9 Å². The second kappa shape index (κ2) is 7.72. The van der Waals surface area contributed by atoms with Gasteiger partial charge in [-0.25, -0.2) is 5.01 Å². The first-order valence-corrected chi connectivity index (χ1v) is 8.48. The highest BCUT2D eigenvalue weighted by Crippen LogP contribution is 2.41. The minimum absolute atomic E-state index is 0.259. The van der Waals surface area contributed by atoms with Crippen molar-refractivity contribution in [3.05, 3.63) is 60.2 Å². The number of carbonyl (C=O) groups is 1. The van der Waals surface area contributed by atoms with Crippen molar-refractivity contribution in [1.29, 1.82) is 10.5 Å². The van der Waals surface area contributed by atoms with E-state index in [-0.39, 0.29) is 5.91 Å². The molecule has 0 aromatic heterocycles. The number of nitriles is 2. The van der Waals surface area contributed by atoms with Gasteiger partial charge in [-0.2, -0.15) is 15.6 Å². The molecule has 2 aromatic carbocycles. The van der Waals surface area contributed by atoms with Crippen molar-refractivity contribution in [2.24, 2.45) is 16.9 Å². The predicted octanol–water partition coefficient (Wildman–Crippen LogP) is 3.48. The van der Waals surface area contributed by atoms with Gasteiger partial charge in [0.1, 0.15) is 11.7 Å². The summed E-state index contributed by atoms with van der Waals surface area (Å²) >= 11 is 0. The number of nitrogens with zero attached hydrogens (tertiary/aromatic N) is 4. The molecule has 0 fully saturated rings. The van der Waals surface area contributed by atoms with Crippen LogP contribution in [-0.4, -0.2) is 18.7 Å². The number of ether oxygens (including phenoxy) is 1. The van der Waals surface area contributed by atoms with Crippen molar-refractivity contribution in [3.63, 3.8) is 0 Å². The van der Waals surface area contributed by atoms with E-state index in [2.05, 4.69) is 5.10 Å². The van der Waals surface area contributed by atoms with Crippen LogP contribution in [0.1, 0.15) is 18.4 Å². The van der Waals surface area contributed by atoms with E-state index in [9.17, 15) is 15.3 Å². The lowest BCUT2D eigenvalue weighted by Gasteiger charge is -2.25. The molecule has 1 aliphatic rings. The van der Waals surface area contributed by atoms with Crippen LogP contribution in [-0.2, 0) is 4.79 Å². The average Bonchev–Trinajstić information content (AvgIpc) is 3.01. The summed E-state index contributed by atoms with van der Waals surface area (Å²) in [4.78, 5) is 13.2. The average molecular weight is 358 g/mol. The fourth-order valence-corrected chi connectivity index (χ4v) is 3.43. The number of anilines is 1. The van der Waals surface area contributed by atoms with E-state index in [1.807, 2.05) is 30.3 Å². The summed E-state index contributed by atoms with van der Waals surface area (Å²) in [6, 6.07) is 20.3. The number of carbonyl (C=O) groups excluding carboxylic acids is 1. The summed E-state index contributed by atoms with van der Waals surface area (Å²) in [5, 5.41) is 24.9. The molecule has 0 saturated carbocycles. The van der Waals surface area contributed by atoms with E-state index in [4.69, 9.17) is 4.74 Å². The third kappa shape index (κ3) is 3.26. The molecule has 3 rings (SSSR count). The molecule has 0 N–H and O–H groups in total. The van der Waals surface area contributed by atoms with Crippen LogP contribution < -0.4 is 9.75 Å². The second-order valence-corrected chi connectivity index (χ2v) is 6.21. The Morgan fingerprint density at radius 2 is 1.70 bits per heavy atom. The minimum atomic E-state index is -1.02. The molecular formula is C21H18N4O2. The fourth-order valence-electron chi connectivity index (χ4n) is 3.43. The SMILES string of the molecule is COc1ccccc1[C@@H](C(C#N)C#N)[C@H]1C(=O)N(c2ccccc2)N=C1C. The van der Waals surface area contributed by atoms with E-state index < -0.39 is 17.8 Å². The van der Waals surface area contributed by atoms with Gasteiger partial charge in [-0.3, -0.25) is 4.79 Å². The monoisotopic (exact) mass is 358 g/mol. The maximum absolute atomic E-state index is 13.2. The van der Waals surface area contributed by atoms with Crippen molar-refractivity contribution in [1.82, 2.24) is 0 Å². The molecule has 27 heavy (non-hydrogen) atoms. The Balaban J connectivity index is 2.09. The van der Waals surface area contributed by atoms with E-state index in [1.54, 1.807) is 43.3 Å². The van der Waals surface area contributed by atoms with E-state index in [0.717, 1.165) is 0 Å². The van der Waals surface area contributed by atoms with Crippen LogP contribution >= 0.6 is 0 Å². The second-order valence-electron chi connectivity index (χ2n) is 6.21. The zero-order valence-electron chi connectivity index (χ0n) is 15.0. The van der Waals surface area contributed by atoms with Crippen molar-refractivity contribution < 1.29 is 9.53 Å². The Morgan fingerprint density at radius 3 is 2.33 bits per heavy atom. The molecule has 2 aromatic rings. The molecule has 1 heterocycles. The van der Waals surface area contributed by atoms with E-state index >= 15 is 0 Å². The molecule has 0 radical (unpaired) electrons. The van der Waals surface area contributed by atoms with Crippen molar-refractivity contribution in [2.75, 3.05) is 12.1 Å². The third-order valence-electron chi connectivity index (χ3n) is 4.68. The molecule has 1 aliphatic heterocycles. The molecule has 0 aliphatic carbocycles. The topological polar surface area (TPSA) is 89.5 Å². The highest BCUT2D eigenvalue weighted by atomic mass is 16.5. The number of benzene rings is 2. The van der Waals surface area contributed by atoms with Gasteiger partial charge in [0, 0.05) is 17.2 Å². The summed E-state index contributed by atoms with van der Waals surface area (Å²) in [6.45, 7) is 1.75. The first-order chi connectivity index (χ1) is 13.1.